The van der Waals surface area contributed by atoms with Crippen LogP contribution in [0.2, 0.25) is 10.0 Å². The lowest BCUT2D eigenvalue weighted by atomic mass is 10.2. The summed E-state index contributed by atoms with van der Waals surface area (Å²) in [7, 11) is -2.82. The molecule has 170 valence electrons. The third-order valence-electron chi connectivity index (χ3n) is 5.35. The van der Waals surface area contributed by atoms with Gasteiger partial charge >= 0.3 is 5.97 Å². The Balaban J connectivity index is 1.66. The Labute approximate surface area is 195 Å². The second-order valence-electron chi connectivity index (χ2n) is 7.41. The molecular formula is C21H21Cl2N3O5S. The summed E-state index contributed by atoms with van der Waals surface area (Å²) in [6.07, 6.45) is 4.65. The predicted molar refractivity (Wildman–Crippen MR) is 120 cm³/mol. The van der Waals surface area contributed by atoms with E-state index in [-0.39, 0.29) is 28.1 Å². The van der Waals surface area contributed by atoms with Gasteiger partial charge in [0.1, 0.15) is 17.5 Å². The molecule has 0 saturated carbocycles. The highest BCUT2D eigenvalue weighted by atomic mass is 35.5. The molecule has 0 amide bonds. The van der Waals surface area contributed by atoms with Crippen molar-refractivity contribution in [3.8, 4) is 5.75 Å². The van der Waals surface area contributed by atoms with Gasteiger partial charge in [-0.3, -0.25) is 4.79 Å². The molecule has 4 rings (SSSR count). The summed E-state index contributed by atoms with van der Waals surface area (Å²) in [5.74, 6) is -0.0888. The molecule has 8 nitrogen and oxygen atoms in total. The van der Waals surface area contributed by atoms with Crippen LogP contribution >= 0.6 is 23.2 Å². The molecule has 1 saturated heterocycles. The lowest BCUT2D eigenvalue weighted by Gasteiger charge is -2.23. The lowest BCUT2D eigenvalue weighted by Crippen LogP contribution is -2.41. The van der Waals surface area contributed by atoms with Crippen LogP contribution in [-0.2, 0) is 26.2 Å². The van der Waals surface area contributed by atoms with Crippen molar-refractivity contribution in [3.63, 3.8) is 0 Å². The second kappa shape index (κ2) is 8.90. The molecule has 0 spiro atoms. The molecule has 2 aromatic heterocycles. The molecule has 0 bridgehead atoms. The maximum absolute atomic E-state index is 13.3. The fourth-order valence-electron chi connectivity index (χ4n) is 3.81. The third kappa shape index (κ3) is 4.05. The fraction of sp³-hybridized carbons (Fsp3) is 0.333. The summed E-state index contributed by atoms with van der Waals surface area (Å²) in [4.78, 5) is 16.4. The molecule has 11 heteroatoms. The van der Waals surface area contributed by atoms with Crippen LogP contribution in [0, 0.1) is 6.92 Å². The van der Waals surface area contributed by atoms with Crippen molar-refractivity contribution in [1.29, 1.82) is 0 Å². The van der Waals surface area contributed by atoms with E-state index < -0.39 is 22.0 Å². The number of benzene rings is 1. The molecule has 1 aliphatic rings. The van der Waals surface area contributed by atoms with Crippen LogP contribution in [0.1, 0.15) is 24.1 Å². The fourth-order valence-corrected chi connectivity index (χ4v) is 6.32. The van der Waals surface area contributed by atoms with Gasteiger partial charge in [0.05, 0.1) is 17.8 Å². The van der Waals surface area contributed by atoms with E-state index >= 15 is 0 Å². The number of nitrogens with zero attached hydrogens (tertiary/aromatic N) is 3. The number of hydrogen-bond acceptors (Lipinski definition) is 6. The van der Waals surface area contributed by atoms with E-state index in [1.165, 1.54) is 19.2 Å². The van der Waals surface area contributed by atoms with E-state index in [0.29, 0.717) is 29.8 Å². The zero-order valence-corrected chi connectivity index (χ0v) is 19.7. The Morgan fingerprint density at radius 3 is 2.81 bits per heavy atom. The lowest BCUT2D eigenvalue weighted by molar-refractivity contribution is -0.144. The van der Waals surface area contributed by atoms with E-state index in [4.69, 9.17) is 32.7 Å². The monoisotopic (exact) mass is 497 g/mol. The minimum atomic E-state index is -4.06. The Hall–Kier alpha value is -2.33. The van der Waals surface area contributed by atoms with Crippen LogP contribution in [0.4, 0.5) is 0 Å². The maximum Gasteiger partial charge on any atom is 0.324 e. The van der Waals surface area contributed by atoms with Crippen molar-refractivity contribution in [2.45, 2.75) is 37.3 Å². The summed E-state index contributed by atoms with van der Waals surface area (Å²) in [5, 5.41) is 0.228. The SMILES string of the molecule is COC(=O)[C@@H]1CCCN1S(=O)(=O)c1ccc(Cl)c(COc2cccn3cc(C)nc23)c1Cl. The number of carbonyl (C=O) groups excluding carboxylic acids is 1. The first-order valence-corrected chi connectivity index (χ1v) is 12.1. The van der Waals surface area contributed by atoms with E-state index in [1.807, 2.05) is 29.8 Å². The third-order valence-corrected chi connectivity index (χ3v) is 8.20. The van der Waals surface area contributed by atoms with E-state index in [1.54, 1.807) is 6.07 Å². The standard InChI is InChI=1S/C21H21Cl2N3O5S/c1-13-11-25-9-4-6-17(20(25)24-13)31-12-14-15(22)7-8-18(19(14)23)32(28,29)26-10-3-5-16(26)21(27)30-2/h4,6-9,11,16H,3,5,10,12H2,1-2H3/t16-/m0/s1. The van der Waals surface area contributed by atoms with Crippen LogP contribution in [0.15, 0.2) is 41.6 Å². The number of ether oxygens (including phenoxy) is 2. The summed E-state index contributed by atoms with van der Waals surface area (Å²) < 4.78 is 40.3. The van der Waals surface area contributed by atoms with Crippen LogP contribution in [0.5, 0.6) is 5.75 Å². The van der Waals surface area contributed by atoms with Crippen molar-refractivity contribution in [2.24, 2.45) is 0 Å². The molecule has 0 unspecified atom stereocenters. The van der Waals surface area contributed by atoms with Gasteiger partial charge in [0.25, 0.3) is 0 Å². The summed E-state index contributed by atoms with van der Waals surface area (Å²) in [5.41, 5.74) is 1.78. The van der Waals surface area contributed by atoms with Crippen LogP contribution in [-0.4, -0.2) is 47.8 Å². The van der Waals surface area contributed by atoms with Gasteiger partial charge in [0, 0.05) is 29.5 Å². The highest BCUT2D eigenvalue weighted by Crippen LogP contribution is 2.36. The normalized spacial score (nSPS) is 17.1. The number of hydrogen-bond donors (Lipinski definition) is 0. The second-order valence-corrected chi connectivity index (χ2v) is 10.1. The smallest absolute Gasteiger partial charge is 0.324 e. The topological polar surface area (TPSA) is 90.2 Å². The average Bonchev–Trinajstić information content (AvgIpc) is 3.39. The van der Waals surface area contributed by atoms with Gasteiger partial charge in [-0.25, -0.2) is 13.4 Å². The number of imidazole rings is 1. The largest absolute Gasteiger partial charge is 0.485 e. The Bertz CT molecular complexity index is 1290. The number of carbonyl (C=O) groups is 1. The molecule has 1 aromatic carbocycles. The van der Waals surface area contributed by atoms with Gasteiger partial charge in [-0.2, -0.15) is 4.31 Å². The number of aryl methyl sites for hydroxylation is 1. The molecule has 3 heterocycles. The molecule has 1 fully saturated rings. The minimum Gasteiger partial charge on any atom is -0.485 e. The molecular weight excluding hydrogens is 477 g/mol. The molecule has 1 atom stereocenters. The predicted octanol–water partition coefficient (Wildman–Crippen LogP) is 3.85. The van der Waals surface area contributed by atoms with Crippen LogP contribution in [0.3, 0.4) is 0 Å². The van der Waals surface area contributed by atoms with Gasteiger partial charge in [0.2, 0.25) is 10.0 Å². The van der Waals surface area contributed by atoms with Crippen molar-refractivity contribution < 1.29 is 22.7 Å². The number of methoxy groups -OCH3 is 1. The molecule has 0 aliphatic carbocycles. The van der Waals surface area contributed by atoms with Gasteiger partial charge < -0.3 is 13.9 Å². The van der Waals surface area contributed by atoms with Gasteiger partial charge in [-0.05, 0) is 44.0 Å². The number of sulfonamides is 1. The van der Waals surface area contributed by atoms with Gasteiger partial charge in [-0.1, -0.05) is 23.2 Å². The van der Waals surface area contributed by atoms with E-state index in [9.17, 15) is 13.2 Å². The number of fused-ring (bicyclic) bond motifs is 1. The Morgan fingerprint density at radius 1 is 1.28 bits per heavy atom. The number of halogens is 2. The van der Waals surface area contributed by atoms with Crippen LogP contribution in [0.25, 0.3) is 5.65 Å². The first-order chi connectivity index (χ1) is 15.2. The molecule has 3 aromatic rings. The summed E-state index contributed by atoms with van der Waals surface area (Å²) in [6, 6.07) is 5.50. The minimum absolute atomic E-state index is 0.0421. The number of pyridine rings is 1. The van der Waals surface area contributed by atoms with Crippen molar-refractivity contribution >= 4 is 44.8 Å². The summed E-state index contributed by atoms with van der Waals surface area (Å²) >= 11 is 12.9. The van der Waals surface area contributed by atoms with E-state index in [0.717, 1.165) is 10.00 Å². The average molecular weight is 498 g/mol. The quantitative estimate of drug-likeness (QED) is 0.480. The maximum atomic E-state index is 13.3. The Kier molecular flexibility index (Phi) is 6.35. The van der Waals surface area contributed by atoms with Crippen molar-refractivity contribution in [3.05, 3.63) is 58.0 Å². The van der Waals surface area contributed by atoms with Crippen LogP contribution < -0.4 is 4.74 Å². The van der Waals surface area contributed by atoms with Crippen molar-refractivity contribution in [2.75, 3.05) is 13.7 Å². The molecule has 32 heavy (non-hydrogen) atoms. The highest BCUT2D eigenvalue weighted by molar-refractivity contribution is 7.89. The molecule has 0 radical (unpaired) electrons. The van der Waals surface area contributed by atoms with E-state index in [2.05, 4.69) is 4.98 Å². The van der Waals surface area contributed by atoms with Crippen molar-refractivity contribution in [1.82, 2.24) is 13.7 Å². The Morgan fingerprint density at radius 2 is 2.06 bits per heavy atom. The molecule has 0 N–H and O–H groups in total. The summed E-state index contributed by atoms with van der Waals surface area (Å²) in [6.45, 7) is 2.01. The highest BCUT2D eigenvalue weighted by Gasteiger charge is 2.41. The molecule has 1 aliphatic heterocycles. The van der Waals surface area contributed by atoms with Gasteiger partial charge in [0.15, 0.2) is 11.4 Å². The number of esters is 1. The zero-order chi connectivity index (χ0) is 23.0. The number of aromatic nitrogens is 2. The van der Waals surface area contributed by atoms with Gasteiger partial charge in [-0.15, -0.1) is 0 Å². The first-order valence-electron chi connectivity index (χ1n) is 9.87. The number of rotatable bonds is 6. The first kappa shape index (κ1) is 22.8. The zero-order valence-electron chi connectivity index (χ0n) is 17.4.